The molecule has 1 heterocycles. The summed E-state index contributed by atoms with van der Waals surface area (Å²) in [6.07, 6.45) is 4.19. The molecule has 0 atom stereocenters. The van der Waals surface area contributed by atoms with E-state index in [1.165, 1.54) is 13.0 Å². The van der Waals surface area contributed by atoms with Gasteiger partial charge in [0, 0.05) is 6.07 Å². The average molecular weight is 271 g/mol. The van der Waals surface area contributed by atoms with Gasteiger partial charge in [-0.05, 0) is 13.3 Å². The van der Waals surface area contributed by atoms with Gasteiger partial charge in [-0.3, -0.25) is 14.9 Å². The maximum Gasteiger partial charge on any atom is 0.323 e. The zero-order chi connectivity index (χ0) is 13.5. The second-order valence-corrected chi connectivity index (χ2v) is 5.02. The lowest BCUT2D eigenvalue weighted by Gasteiger charge is -2.02. The minimum atomic E-state index is -0.510. The number of thiophene rings is 1. The van der Waals surface area contributed by atoms with Crippen LogP contribution in [0.1, 0.15) is 49.2 Å². The van der Waals surface area contributed by atoms with Crippen LogP contribution < -0.4 is 4.74 Å². The SMILES string of the molecule is CCCCCCOc1sc(C(C)=O)cc1[N+](=O)[O-]. The minimum absolute atomic E-state index is 0.110. The number of carbonyl (C=O) groups excluding carboxylic acids is 1. The summed E-state index contributed by atoms with van der Waals surface area (Å²) in [5.74, 6) is -0.177. The fourth-order valence-corrected chi connectivity index (χ4v) is 2.36. The molecule has 0 saturated heterocycles. The van der Waals surface area contributed by atoms with E-state index in [0.29, 0.717) is 11.5 Å². The Labute approximate surface area is 110 Å². The Bertz CT molecular complexity index is 428. The van der Waals surface area contributed by atoms with Gasteiger partial charge in [0.1, 0.15) is 0 Å². The Morgan fingerprint density at radius 1 is 1.44 bits per heavy atom. The molecule has 0 aliphatic rings. The van der Waals surface area contributed by atoms with E-state index in [2.05, 4.69) is 6.92 Å². The van der Waals surface area contributed by atoms with Crippen LogP contribution in [0.15, 0.2) is 6.07 Å². The highest BCUT2D eigenvalue weighted by Gasteiger charge is 2.22. The summed E-state index contributed by atoms with van der Waals surface area (Å²) in [5.41, 5.74) is -0.110. The molecule has 0 unspecified atom stereocenters. The van der Waals surface area contributed by atoms with Gasteiger partial charge in [-0.25, -0.2) is 0 Å². The lowest BCUT2D eigenvalue weighted by Crippen LogP contribution is -1.97. The first-order chi connectivity index (χ1) is 8.56. The largest absolute Gasteiger partial charge is 0.479 e. The lowest BCUT2D eigenvalue weighted by atomic mass is 10.2. The Morgan fingerprint density at radius 3 is 2.72 bits per heavy atom. The molecule has 1 aromatic heterocycles. The van der Waals surface area contributed by atoms with Crippen molar-refractivity contribution in [1.82, 2.24) is 0 Å². The summed E-state index contributed by atoms with van der Waals surface area (Å²) >= 11 is 1.05. The van der Waals surface area contributed by atoms with Gasteiger partial charge in [0.25, 0.3) is 5.06 Å². The molecular weight excluding hydrogens is 254 g/mol. The van der Waals surface area contributed by atoms with Crippen molar-refractivity contribution in [2.24, 2.45) is 0 Å². The number of carbonyl (C=O) groups is 1. The fourth-order valence-electron chi connectivity index (χ4n) is 1.46. The monoisotopic (exact) mass is 271 g/mol. The van der Waals surface area contributed by atoms with Crippen LogP contribution in [0.2, 0.25) is 0 Å². The second-order valence-electron chi connectivity index (χ2n) is 4.01. The molecule has 1 rings (SSSR count). The number of hydrogen-bond donors (Lipinski definition) is 0. The summed E-state index contributed by atoms with van der Waals surface area (Å²) in [4.78, 5) is 21.9. The Balaban J connectivity index is 2.63. The van der Waals surface area contributed by atoms with Crippen LogP contribution in [0.5, 0.6) is 5.06 Å². The van der Waals surface area contributed by atoms with Crippen LogP contribution in [0.25, 0.3) is 0 Å². The van der Waals surface area contributed by atoms with Crippen molar-refractivity contribution >= 4 is 22.8 Å². The maximum absolute atomic E-state index is 11.2. The second kappa shape index (κ2) is 7.10. The molecule has 0 bridgehead atoms. The summed E-state index contributed by atoms with van der Waals surface area (Å²) < 4.78 is 5.40. The number of unbranched alkanes of at least 4 members (excludes halogenated alkanes) is 3. The highest BCUT2D eigenvalue weighted by Crippen LogP contribution is 2.37. The van der Waals surface area contributed by atoms with E-state index in [1.54, 1.807) is 0 Å². The summed E-state index contributed by atoms with van der Waals surface area (Å²) in [7, 11) is 0. The molecule has 0 spiro atoms. The molecule has 0 saturated carbocycles. The van der Waals surface area contributed by atoms with Crippen LogP contribution >= 0.6 is 11.3 Å². The van der Waals surface area contributed by atoms with E-state index in [4.69, 9.17) is 4.74 Å². The smallest absolute Gasteiger partial charge is 0.323 e. The molecule has 18 heavy (non-hydrogen) atoms. The predicted octanol–water partition coefficient (Wildman–Crippen LogP) is 3.82. The average Bonchev–Trinajstić information content (AvgIpc) is 2.73. The molecule has 0 fully saturated rings. The first kappa shape index (κ1) is 14.6. The van der Waals surface area contributed by atoms with Gasteiger partial charge in [0.05, 0.1) is 16.4 Å². The summed E-state index contributed by atoms with van der Waals surface area (Å²) in [6.45, 7) is 3.96. The Hall–Kier alpha value is -1.43. The number of ketones is 1. The predicted molar refractivity (Wildman–Crippen MR) is 70.6 cm³/mol. The molecule has 0 radical (unpaired) electrons. The van der Waals surface area contributed by atoms with Gasteiger partial charge in [-0.15, -0.1) is 0 Å². The van der Waals surface area contributed by atoms with E-state index in [0.717, 1.165) is 37.0 Å². The van der Waals surface area contributed by atoms with Crippen LogP contribution in [0, 0.1) is 10.1 Å². The quantitative estimate of drug-likeness (QED) is 0.312. The van der Waals surface area contributed by atoms with Gasteiger partial charge in [-0.1, -0.05) is 37.5 Å². The zero-order valence-corrected chi connectivity index (χ0v) is 11.4. The highest BCUT2D eigenvalue weighted by molar-refractivity contribution is 7.16. The number of Topliss-reactive ketones (excluding diaryl/α,β-unsaturated/α-hetero) is 1. The number of nitrogens with zero attached hydrogens (tertiary/aromatic N) is 1. The molecule has 0 aliphatic heterocycles. The van der Waals surface area contributed by atoms with Gasteiger partial charge in [-0.2, -0.15) is 0 Å². The molecular formula is C12H17NO4S. The first-order valence-electron chi connectivity index (χ1n) is 5.98. The maximum atomic E-state index is 11.2. The fraction of sp³-hybridized carbons (Fsp3) is 0.583. The molecule has 5 nitrogen and oxygen atoms in total. The number of nitro groups is 1. The minimum Gasteiger partial charge on any atom is -0.479 e. The van der Waals surface area contributed by atoms with E-state index in [-0.39, 0.29) is 16.5 Å². The van der Waals surface area contributed by atoms with Crippen molar-refractivity contribution in [1.29, 1.82) is 0 Å². The summed E-state index contributed by atoms with van der Waals surface area (Å²) in [6, 6.07) is 1.29. The molecule has 0 amide bonds. The number of hydrogen-bond acceptors (Lipinski definition) is 5. The summed E-state index contributed by atoms with van der Waals surface area (Å²) in [5, 5.41) is 11.1. The van der Waals surface area contributed by atoms with Gasteiger partial charge in [0.15, 0.2) is 5.78 Å². The van der Waals surface area contributed by atoms with Gasteiger partial charge >= 0.3 is 5.69 Å². The third-order valence-electron chi connectivity index (χ3n) is 2.45. The van der Waals surface area contributed by atoms with Crippen molar-refractivity contribution in [3.05, 3.63) is 21.1 Å². The van der Waals surface area contributed by atoms with Crippen LogP contribution in [-0.4, -0.2) is 17.3 Å². The molecule has 6 heteroatoms. The normalized spacial score (nSPS) is 10.3. The van der Waals surface area contributed by atoms with E-state index < -0.39 is 4.92 Å². The van der Waals surface area contributed by atoms with E-state index in [9.17, 15) is 14.9 Å². The third-order valence-corrected chi connectivity index (χ3v) is 3.59. The number of ether oxygens (including phenoxy) is 1. The Kier molecular flexibility index (Phi) is 5.77. The number of rotatable bonds is 8. The van der Waals surface area contributed by atoms with Crippen LogP contribution in [0.4, 0.5) is 5.69 Å². The standard InChI is InChI=1S/C12H17NO4S/c1-3-4-5-6-7-17-12-10(13(15)16)8-11(18-12)9(2)14/h8H,3-7H2,1-2H3. The Morgan fingerprint density at radius 2 is 2.17 bits per heavy atom. The molecule has 100 valence electrons. The molecule has 0 aromatic carbocycles. The van der Waals surface area contributed by atoms with E-state index >= 15 is 0 Å². The highest BCUT2D eigenvalue weighted by atomic mass is 32.1. The topological polar surface area (TPSA) is 69.4 Å². The van der Waals surface area contributed by atoms with Crippen molar-refractivity contribution in [3.8, 4) is 5.06 Å². The zero-order valence-electron chi connectivity index (χ0n) is 10.6. The van der Waals surface area contributed by atoms with Gasteiger partial charge < -0.3 is 4.74 Å². The van der Waals surface area contributed by atoms with E-state index in [1.807, 2.05) is 0 Å². The first-order valence-corrected chi connectivity index (χ1v) is 6.79. The third kappa shape index (κ3) is 4.10. The molecule has 0 N–H and O–H groups in total. The van der Waals surface area contributed by atoms with Crippen LogP contribution in [-0.2, 0) is 0 Å². The van der Waals surface area contributed by atoms with Crippen LogP contribution in [0.3, 0.4) is 0 Å². The molecule has 0 aliphatic carbocycles. The van der Waals surface area contributed by atoms with Crippen molar-refractivity contribution < 1.29 is 14.5 Å². The lowest BCUT2D eigenvalue weighted by molar-refractivity contribution is -0.385. The molecule has 1 aromatic rings. The van der Waals surface area contributed by atoms with Crippen molar-refractivity contribution in [3.63, 3.8) is 0 Å². The van der Waals surface area contributed by atoms with Gasteiger partial charge in [0.2, 0.25) is 0 Å². The van der Waals surface area contributed by atoms with Crippen molar-refractivity contribution in [2.45, 2.75) is 39.5 Å². The van der Waals surface area contributed by atoms with Crippen molar-refractivity contribution in [2.75, 3.05) is 6.61 Å².